The van der Waals surface area contributed by atoms with E-state index in [2.05, 4.69) is 0 Å². The van der Waals surface area contributed by atoms with E-state index in [4.69, 9.17) is 4.74 Å². The number of benzene rings is 1. The molecule has 0 radical (unpaired) electrons. The molecule has 2 nitrogen and oxygen atoms in total. The van der Waals surface area contributed by atoms with Crippen molar-refractivity contribution in [2.45, 2.75) is 12.8 Å². The highest BCUT2D eigenvalue weighted by Gasteiger charge is 2.17. The molecule has 1 aromatic carbocycles. The predicted octanol–water partition coefficient (Wildman–Crippen LogP) is 2.84. The second-order valence-electron chi connectivity index (χ2n) is 3.79. The van der Waals surface area contributed by atoms with E-state index in [1.807, 2.05) is 24.3 Å². The Morgan fingerprint density at radius 3 is 2.93 bits per heavy atom. The first-order valence-corrected chi connectivity index (χ1v) is 5.16. The first-order chi connectivity index (χ1) is 7.29. The summed E-state index contributed by atoms with van der Waals surface area (Å²) in [5.74, 6) is 1.42. The van der Waals surface area contributed by atoms with Gasteiger partial charge in [-0.2, -0.15) is 0 Å². The molecule has 0 spiro atoms. The monoisotopic (exact) mass is 202 g/mol. The number of hydrogen-bond donors (Lipinski definition) is 0. The fourth-order valence-electron chi connectivity index (χ4n) is 1.38. The van der Waals surface area contributed by atoms with E-state index in [0.717, 1.165) is 5.75 Å². The number of ketones is 1. The maximum Gasteiger partial charge on any atom is 0.185 e. The third-order valence-corrected chi connectivity index (χ3v) is 2.50. The molecule has 1 aromatic rings. The van der Waals surface area contributed by atoms with Crippen molar-refractivity contribution in [2.75, 3.05) is 7.11 Å². The van der Waals surface area contributed by atoms with Crippen LogP contribution in [-0.4, -0.2) is 12.9 Å². The molecule has 0 aromatic heterocycles. The largest absolute Gasteiger partial charge is 0.497 e. The van der Waals surface area contributed by atoms with Gasteiger partial charge in [0.1, 0.15) is 5.75 Å². The van der Waals surface area contributed by atoms with Crippen molar-refractivity contribution in [1.29, 1.82) is 0 Å². The van der Waals surface area contributed by atoms with Crippen LogP contribution in [0.1, 0.15) is 23.2 Å². The molecule has 0 heterocycles. The van der Waals surface area contributed by atoms with Crippen LogP contribution in [-0.2, 0) is 0 Å². The Balaban J connectivity index is 2.09. The van der Waals surface area contributed by atoms with Gasteiger partial charge in [0.25, 0.3) is 0 Å². The summed E-state index contributed by atoms with van der Waals surface area (Å²) < 4.78 is 5.07. The number of ether oxygens (including phenoxy) is 1. The van der Waals surface area contributed by atoms with Gasteiger partial charge in [-0.05, 0) is 37.0 Å². The number of hydrogen-bond acceptors (Lipinski definition) is 2. The van der Waals surface area contributed by atoms with Gasteiger partial charge < -0.3 is 4.74 Å². The summed E-state index contributed by atoms with van der Waals surface area (Å²) in [7, 11) is 1.60. The lowest BCUT2D eigenvalue weighted by atomic mass is 10.1. The van der Waals surface area contributed by atoms with Gasteiger partial charge in [-0.25, -0.2) is 0 Å². The zero-order chi connectivity index (χ0) is 10.7. The Kier molecular flexibility index (Phi) is 2.86. The minimum Gasteiger partial charge on any atom is -0.497 e. The normalized spacial score (nSPS) is 15.5. The number of allylic oxidation sites excluding steroid dienone is 2. The fraction of sp³-hybridized carbons (Fsp3) is 0.308. The molecular formula is C13H14O2. The third kappa shape index (κ3) is 2.69. The first-order valence-electron chi connectivity index (χ1n) is 5.16. The van der Waals surface area contributed by atoms with Gasteiger partial charge >= 0.3 is 0 Å². The van der Waals surface area contributed by atoms with Crippen LogP contribution in [0, 0.1) is 5.92 Å². The minimum atomic E-state index is 0.0563. The Morgan fingerprint density at radius 1 is 1.47 bits per heavy atom. The number of carbonyl (C=O) groups is 1. The number of carbonyl (C=O) groups excluding carboxylic acids is 1. The highest BCUT2D eigenvalue weighted by Crippen LogP contribution is 2.30. The molecule has 0 amide bonds. The maximum absolute atomic E-state index is 11.7. The van der Waals surface area contributed by atoms with Crippen molar-refractivity contribution in [1.82, 2.24) is 0 Å². The molecule has 0 atom stereocenters. The molecule has 1 aliphatic carbocycles. The lowest BCUT2D eigenvalue weighted by Crippen LogP contribution is -1.95. The van der Waals surface area contributed by atoms with Gasteiger partial charge in [0.05, 0.1) is 7.11 Å². The summed E-state index contributed by atoms with van der Waals surface area (Å²) in [6.07, 6.45) is 6.12. The van der Waals surface area contributed by atoms with Crippen LogP contribution in [0.5, 0.6) is 5.75 Å². The lowest BCUT2D eigenvalue weighted by Gasteiger charge is -2.00. The van der Waals surface area contributed by atoms with Crippen molar-refractivity contribution in [3.05, 3.63) is 42.0 Å². The SMILES string of the molecule is COc1cccc(C(=O)/C=C/C2CC2)c1. The molecule has 2 heteroatoms. The molecule has 0 aliphatic heterocycles. The summed E-state index contributed by atoms with van der Waals surface area (Å²) >= 11 is 0. The molecular weight excluding hydrogens is 188 g/mol. The topological polar surface area (TPSA) is 26.3 Å². The van der Waals surface area contributed by atoms with E-state index >= 15 is 0 Å². The highest BCUT2D eigenvalue weighted by atomic mass is 16.5. The average molecular weight is 202 g/mol. The Hall–Kier alpha value is -1.57. The Labute approximate surface area is 89.6 Å². The zero-order valence-electron chi connectivity index (χ0n) is 8.77. The molecule has 0 unspecified atom stereocenters. The van der Waals surface area contributed by atoms with E-state index in [1.54, 1.807) is 19.3 Å². The third-order valence-electron chi connectivity index (χ3n) is 2.50. The molecule has 1 fully saturated rings. The van der Waals surface area contributed by atoms with E-state index in [9.17, 15) is 4.79 Å². The van der Waals surface area contributed by atoms with E-state index < -0.39 is 0 Å². The van der Waals surface area contributed by atoms with Crippen molar-refractivity contribution >= 4 is 5.78 Å². The van der Waals surface area contributed by atoms with Gasteiger partial charge in [-0.1, -0.05) is 18.2 Å². The summed E-state index contributed by atoms with van der Waals surface area (Å²) in [6, 6.07) is 7.24. The molecule has 15 heavy (non-hydrogen) atoms. The van der Waals surface area contributed by atoms with E-state index in [0.29, 0.717) is 11.5 Å². The summed E-state index contributed by atoms with van der Waals surface area (Å²) in [5.41, 5.74) is 0.686. The smallest absolute Gasteiger partial charge is 0.185 e. The van der Waals surface area contributed by atoms with Crippen LogP contribution in [0.25, 0.3) is 0 Å². The standard InChI is InChI=1S/C13H14O2/c1-15-12-4-2-3-11(9-12)13(14)8-7-10-5-6-10/h2-4,7-10H,5-6H2,1H3/b8-7+. The van der Waals surface area contributed by atoms with Crippen molar-refractivity contribution in [2.24, 2.45) is 5.92 Å². The maximum atomic E-state index is 11.7. The van der Waals surface area contributed by atoms with Gasteiger partial charge in [0.15, 0.2) is 5.78 Å². The summed E-state index contributed by atoms with van der Waals surface area (Å²) in [5, 5.41) is 0. The van der Waals surface area contributed by atoms with Crippen LogP contribution in [0.15, 0.2) is 36.4 Å². The lowest BCUT2D eigenvalue weighted by molar-refractivity contribution is 0.104. The van der Waals surface area contributed by atoms with Crippen LogP contribution >= 0.6 is 0 Å². The summed E-state index contributed by atoms with van der Waals surface area (Å²) in [6.45, 7) is 0. The van der Waals surface area contributed by atoms with Gasteiger partial charge in [-0.15, -0.1) is 0 Å². The van der Waals surface area contributed by atoms with Crippen molar-refractivity contribution < 1.29 is 9.53 Å². The minimum absolute atomic E-state index is 0.0563. The second-order valence-corrected chi connectivity index (χ2v) is 3.79. The average Bonchev–Trinajstić information content (AvgIpc) is 3.10. The molecule has 1 saturated carbocycles. The number of rotatable bonds is 4. The van der Waals surface area contributed by atoms with Crippen molar-refractivity contribution in [3.8, 4) is 5.75 Å². The van der Waals surface area contributed by atoms with E-state index in [-0.39, 0.29) is 5.78 Å². The van der Waals surface area contributed by atoms with Crippen LogP contribution in [0.3, 0.4) is 0 Å². The van der Waals surface area contributed by atoms with Gasteiger partial charge in [0.2, 0.25) is 0 Å². The first kappa shape index (κ1) is 9.97. The second kappa shape index (κ2) is 4.30. The van der Waals surface area contributed by atoms with Crippen LogP contribution < -0.4 is 4.74 Å². The molecule has 0 saturated heterocycles. The summed E-state index contributed by atoms with van der Waals surface area (Å²) in [4.78, 5) is 11.7. The molecule has 2 rings (SSSR count). The Bertz CT molecular complexity index is 389. The highest BCUT2D eigenvalue weighted by molar-refractivity contribution is 6.04. The fourth-order valence-corrected chi connectivity index (χ4v) is 1.38. The zero-order valence-corrected chi connectivity index (χ0v) is 8.77. The molecule has 0 bridgehead atoms. The Morgan fingerprint density at radius 2 is 2.27 bits per heavy atom. The van der Waals surface area contributed by atoms with E-state index in [1.165, 1.54) is 12.8 Å². The quantitative estimate of drug-likeness (QED) is 0.554. The van der Waals surface area contributed by atoms with Gasteiger partial charge in [0, 0.05) is 5.56 Å². The van der Waals surface area contributed by atoms with Crippen LogP contribution in [0.4, 0.5) is 0 Å². The number of methoxy groups -OCH3 is 1. The van der Waals surface area contributed by atoms with Gasteiger partial charge in [-0.3, -0.25) is 4.79 Å². The molecule has 0 N–H and O–H groups in total. The predicted molar refractivity (Wildman–Crippen MR) is 59.2 cm³/mol. The molecule has 78 valence electrons. The molecule has 1 aliphatic rings. The van der Waals surface area contributed by atoms with Crippen molar-refractivity contribution in [3.63, 3.8) is 0 Å². The van der Waals surface area contributed by atoms with Crippen LogP contribution in [0.2, 0.25) is 0 Å².